The zero-order valence-corrected chi connectivity index (χ0v) is 19.2. The van der Waals surface area contributed by atoms with Crippen LogP contribution in [-0.4, -0.2) is 17.3 Å². The van der Waals surface area contributed by atoms with Gasteiger partial charge in [0.2, 0.25) is 0 Å². The lowest BCUT2D eigenvalue weighted by molar-refractivity contribution is 0.110. The molecule has 1 saturated carbocycles. The molecule has 5 heteroatoms. The molecule has 4 aliphatic rings. The lowest BCUT2D eigenvalue weighted by Gasteiger charge is -2.48. The van der Waals surface area contributed by atoms with Gasteiger partial charge in [-0.05, 0) is 95.8 Å². The van der Waals surface area contributed by atoms with Gasteiger partial charge in [-0.1, -0.05) is 37.3 Å². The Kier molecular flexibility index (Phi) is 4.41. The molecule has 3 aliphatic carbocycles. The number of benzene rings is 2. The molecule has 32 heavy (non-hydrogen) atoms. The van der Waals surface area contributed by atoms with Crippen molar-refractivity contribution in [3.8, 4) is 11.5 Å². The van der Waals surface area contributed by atoms with E-state index in [-0.39, 0.29) is 11.5 Å². The molecule has 1 heterocycles. The molecular weight excluding hydrogens is 416 g/mol. The summed E-state index contributed by atoms with van der Waals surface area (Å²) < 4.78 is 5.36. The molecule has 5 atom stereocenters. The van der Waals surface area contributed by atoms with E-state index in [1.807, 2.05) is 24.3 Å². The van der Waals surface area contributed by atoms with Gasteiger partial charge in [0.1, 0.15) is 11.5 Å². The maximum atomic E-state index is 9.94. The molecule has 0 saturated heterocycles. The first-order valence-electron chi connectivity index (χ1n) is 11.4. The average molecular weight is 445 g/mol. The van der Waals surface area contributed by atoms with Crippen LogP contribution in [-0.2, 0) is 0 Å². The van der Waals surface area contributed by atoms with Crippen LogP contribution in [0.2, 0.25) is 0 Å². The normalized spacial score (nSPS) is 32.2. The number of hydrogen-bond acceptors (Lipinski definition) is 3. The van der Waals surface area contributed by atoms with Crippen molar-refractivity contribution >= 4 is 23.4 Å². The predicted molar refractivity (Wildman–Crippen MR) is 130 cm³/mol. The number of rotatable bonds is 2. The van der Waals surface area contributed by atoms with E-state index in [9.17, 15) is 5.11 Å². The predicted octanol–water partition coefficient (Wildman–Crippen LogP) is 5.42. The van der Waals surface area contributed by atoms with Crippen LogP contribution in [0.5, 0.6) is 11.5 Å². The summed E-state index contributed by atoms with van der Waals surface area (Å²) in [5.74, 6) is 2.74. The molecule has 0 amide bonds. The number of ether oxygens (including phenoxy) is 1. The van der Waals surface area contributed by atoms with E-state index >= 15 is 0 Å². The van der Waals surface area contributed by atoms with E-state index < -0.39 is 0 Å². The maximum absolute atomic E-state index is 9.94. The van der Waals surface area contributed by atoms with Crippen LogP contribution in [0.15, 0.2) is 59.8 Å². The van der Waals surface area contributed by atoms with Gasteiger partial charge in [-0.15, -0.1) is 0 Å². The SMILES string of the molecule is COc1ccc(C2NC(=S)NC3=C2C[C@H]2[C@@H]4C=Cc5cc(O)ccc5[C@H]4CC[C@]32C)cc1. The number of methoxy groups -OCH3 is 1. The third-order valence-corrected chi connectivity index (χ3v) is 8.55. The number of phenols is 1. The van der Waals surface area contributed by atoms with E-state index in [4.69, 9.17) is 17.0 Å². The highest BCUT2D eigenvalue weighted by molar-refractivity contribution is 7.80. The van der Waals surface area contributed by atoms with Crippen LogP contribution in [0.4, 0.5) is 0 Å². The topological polar surface area (TPSA) is 53.5 Å². The van der Waals surface area contributed by atoms with Crippen LogP contribution in [0.1, 0.15) is 54.8 Å². The molecule has 1 aliphatic heterocycles. The number of thiocarbonyl (C=S) groups is 1. The van der Waals surface area contributed by atoms with Gasteiger partial charge in [-0.2, -0.15) is 0 Å². The minimum atomic E-state index is 0.0894. The molecule has 164 valence electrons. The third kappa shape index (κ3) is 2.83. The minimum absolute atomic E-state index is 0.0894. The number of hydrogen-bond donors (Lipinski definition) is 3. The van der Waals surface area contributed by atoms with Gasteiger partial charge in [0.05, 0.1) is 13.2 Å². The summed E-state index contributed by atoms with van der Waals surface area (Å²) >= 11 is 5.66. The number of nitrogens with one attached hydrogen (secondary N) is 2. The van der Waals surface area contributed by atoms with Gasteiger partial charge in [0, 0.05) is 11.1 Å². The Bertz CT molecular complexity index is 1170. The molecule has 6 rings (SSSR count). The molecular formula is C27H28N2O2S. The average Bonchev–Trinajstić information content (AvgIpc) is 3.11. The molecule has 1 fully saturated rings. The van der Waals surface area contributed by atoms with Crippen LogP contribution < -0.4 is 15.4 Å². The summed E-state index contributed by atoms with van der Waals surface area (Å²) in [6, 6.07) is 14.3. The lowest BCUT2D eigenvalue weighted by atomic mass is 9.56. The quantitative estimate of drug-likeness (QED) is 0.540. The fraction of sp³-hybridized carbons (Fsp3) is 0.370. The molecule has 1 unspecified atom stereocenters. The molecule has 3 N–H and O–H groups in total. The summed E-state index contributed by atoms with van der Waals surface area (Å²) in [6.07, 6.45) is 7.96. The largest absolute Gasteiger partial charge is 0.508 e. The molecule has 2 aromatic carbocycles. The Balaban J connectivity index is 1.38. The first kappa shape index (κ1) is 19.9. The zero-order chi connectivity index (χ0) is 22.0. The molecule has 0 radical (unpaired) electrons. The van der Waals surface area contributed by atoms with Crippen LogP contribution in [0.25, 0.3) is 6.08 Å². The third-order valence-electron chi connectivity index (χ3n) is 8.33. The van der Waals surface area contributed by atoms with Crippen molar-refractivity contribution in [3.05, 3.63) is 76.5 Å². The number of fused-ring (bicyclic) bond motifs is 6. The second-order valence-electron chi connectivity index (χ2n) is 9.83. The first-order valence-corrected chi connectivity index (χ1v) is 11.8. The van der Waals surface area contributed by atoms with Gasteiger partial charge >= 0.3 is 0 Å². The number of phenolic OH excluding ortho intramolecular Hbond substituents is 1. The second kappa shape index (κ2) is 7.11. The summed E-state index contributed by atoms with van der Waals surface area (Å²) in [5, 5.41) is 17.8. The minimum Gasteiger partial charge on any atom is -0.508 e. The maximum Gasteiger partial charge on any atom is 0.171 e. The first-order chi connectivity index (χ1) is 15.5. The van der Waals surface area contributed by atoms with E-state index in [1.165, 1.54) is 28.0 Å². The van der Waals surface area contributed by atoms with E-state index in [1.54, 1.807) is 7.11 Å². The summed E-state index contributed by atoms with van der Waals surface area (Å²) in [6.45, 7) is 2.43. The van der Waals surface area contributed by atoms with Crippen LogP contribution in [0, 0.1) is 17.3 Å². The van der Waals surface area contributed by atoms with Crippen molar-refractivity contribution in [1.29, 1.82) is 0 Å². The Morgan fingerprint density at radius 1 is 1.16 bits per heavy atom. The molecule has 2 aromatic rings. The van der Waals surface area contributed by atoms with Crippen molar-refractivity contribution in [2.45, 2.75) is 38.1 Å². The standard InChI is InChI=1S/C27H28N2O2S/c1-27-12-11-20-19-10-6-17(30)13-16(19)5-9-21(20)23(27)14-22-24(28-26(32)29-25(22)27)15-3-7-18(31-2)8-4-15/h3-10,13,20-21,23-24,30H,11-12,14H2,1-2H3,(H2,28,29,32)/t20-,21-,23+,24?,27+/m1/s1. The fourth-order valence-corrected chi connectivity index (χ4v) is 6.96. The van der Waals surface area contributed by atoms with E-state index in [2.05, 4.69) is 47.9 Å². The lowest BCUT2D eigenvalue weighted by Crippen LogP contribution is -2.47. The van der Waals surface area contributed by atoms with Gasteiger partial charge in [0.25, 0.3) is 0 Å². The highest BCUT2D eigenvalue weighted by Crippen LogP contribution is 2.63. The Labute approximate surface area is 194 Å². The van der Waals surface area contributed by atoms with Crippen molar-refractivity contribution < 1.29 is 9.84 Å². The highest BCUT2D eigenvalue weighted by atomic mass is 32.1. The second-order valence-corrected chi connectivity index (χ2v) is 10.2. The molecule has 0 aromatic heterocycles. The fourth-order valence-electron chi connectivity index (χ4n) is 6.74. The monoisotopic (exact) mass is 444 g/mol. The summed E-state index contributed by atoms with van der Waals surface area (Å²) in [7, 11) is 1.70. The Hall–Kier alpha value is -2.79. The van der Waals surface area contributed by atoms with Crippen molar-refractivity contribution in [2.24, 2.45) is 17.3 Å². The van der Waals surface area contributed by atoms with Gasteiger partial charge < -0.3 is 20.5 Å². The smallest absolute Gasteiger partial charge is 0.171 e. The van der Waals surface area contributed by atoms with E-state index in [0.29, 0.717) is 28.6 Å². The Morgan fingerprint density at radius 3 is 2.75 bits per heavy atom. The van der Waals surface area contributed by atoms with Crippen molar-refractivity contribution in [2.75, 3.05) is 7.11 Å². The summed E-state index contributed by atoms with van der Waals surface area (Å²) in [4.78, 5) is 0. The van der Waals surface area contributed by atoms with Crippen LogP contribution in [0.3, 0.4) is 0 Å². The van der Waals surface area contributed by atoms with Gasteiger partial charge in [-0.3, -0.25) is 0 Å². The van der Waals surface area contributed by atoms with Crippen LogP contribution >= 0.6 is 12.2 Å². The van der Waals surface area contributed by atoms with Crippen molar-refractivity contribution in [1.82, 2.24) is 10.6 Å². The molecule has 0 spiro atoms. The molecule has 4 nitrogen and oxygen atoms in total. The summed E-state index contributed by atoms with van der Waals surface area (Å²) in [5.41, 5.74) is 6.66. The number of allylic oxidation sites excluding steroid dienone is 2. The van der Waals surface area contributed by atoms with Gasteiger partial charge in [0.15, 0.2) is 5.11 Å². The van der Waals surface area contributed by atoms with Crippen molar-refractivity contribution in [3.63, 3.8) is 0 Å². The zero-order valence-electron chi connectivity index (χ0n) is 18.4. The Morgan fingerprint density at radius 2 is 1.97 bits per heavy atom. The highest BCUT2D eigenvalue weighted by Gasteiger charge is 2.55. The van der Waals surface area contributed by atoms with E-state index in [0.717, 1.165) is 25.0 Å². The van der Waals surface area contributed by atoms with Gasteiger partial charge in [-0.25, -0.2) is 0 Å². The molecule has 0 bridgehead atoms. The number of aromatic hydroxyl groups is 1.